The lowest BCUT2D eigenvalue weighted by molar-refractivity contribution is -0.868. The topological polar surface area (TPSA) is 90.7 Å². The molecule has 0 spiro atoms. The molecule has 29 heavy (non-hydrogen) atoms. The Hall–Kier alpha value is -3.26. The van der Waals surface area contributed by atoms with E-state index in [-0.39, 0.29) is 12.3 Å². The molecule has 0 aliphatic rings. The number of carbonyl (C=O) groups is 1. The van der Waals surface area contributed by atoms with Crippen molar-refractivity contribution in [2.45, 2.75) is 6.92 Å². The first kappa shape index (κ1) is 20.5. The molecular weight excluding hydrogens is 368 g/mol. The minimum absolute atomic E-state index is 0.153. The number of nitrogens with one attached hydrogen (secondary N) is 3. The van der Waals surface area contributed by atoms with Crippen molar-refractivity contribution in [3.8, 4) is 5.75 Å². The van der Waals surface area contributed by atoms with Gasteiger partial charge in [-0.05, 0) is 30.7 Å². The van der Waals surface area contributed by atoms with Crippen molar-refractivity contribution in [2.24, 2.45) is 0 Å². The zero-order valence-electron chi connectivity index (χ0n) is 17.4. The number of fused-ring (bicyclic) bond motifs is 1. The lowest BCUT2D eigenvalue weighted by Gasteiger charge is -2.24. The van der Waals surface area contributed by atoms with Crippen LogP contribution in [0.15, 0.2) is 36.5 Å². The van der Waals surface area contributed by atoms with Crippen LogP contribution in [-0.4, -0.2) is 66.3 Å². The van der Waals surface area contributed by atoms with Crippen molar-refractivity contribution < 1.29 is 14.4 Å². The summed E-state index contributed by atoms with van der Waals surface area (Å²) in [7, 11) is 6.44. The molecule has 0 aliphatic heterocycles. The molecule has 8 heteroatoms. The van der Waals surface area contributed by atoms with E-state index in [9.17, 15) is 9.90 Å². The van der Waals surface area contributed by atoms with Crippen LogP contribution in [0.5, 0.6) is 5.75 Å². The van der Waals surface area contributed by atoms with Gasteiger partial charge >= 0.3 is 0 Å². The third kappa shape index (κ3) is 4.97. The summed E-state index contributed by atoms with van der Waals surface area (Å²) in [4.78, 5) is 10.8. The Morgan fingerprint density at radius 1 is 1.17 bits per heavy atom. The van der Waals surface area contributed by atoms with Gasteiger partial charge in [0, 0.05) is 12.3 Å². The second-order valence-electron chi connectivity index (χ2n) is 8.05. The van der Waals surface area contributed by atoms with Crippen molar-refractivity contribution in [3.05, 3.63) is 42.1 Å². The number of phenols is 1. The smallest absolute Gasteiger partial charge is 0.173 e. The molecule has 0 radical (unpaired) electrons. The van der Waals surface area contributed by atoms with Crippen molar-refractivity contribution >= 4 is 34.7 Å². The fourth-order valence-corrected chi connectivity index (χ4v) is 2.99. The number of aromatic nitrogens is 2. The number of quaternary nitrogens is 1. The van der Waals surface area contributed by atoms with Gasteiger partial charge in [-0.1, -0.05) is 6.07 Å². The molecule has 0 saturated heterocycles. The molecule has 0 atom stereocenters. The number of aromatic hydroxyl groups is 1. The Morgan fingerprint density at radius 3 is 2.69 bits per heavy atom. The minimum atomic E-state index is 0.153. The van der Waals surface area contributed by atoms with Crippen LogP contribution in [0.25, 0.3) is 5.52 Å². The number of carbonyl (C=O) groups excluding carboxylic acids is 1. The van der Waals surface area contributed by atoms with Gasteiger partial charge in [0.15, 0.2) is 5.82 Å². The summed E-state index contributed by atoms with van der Waals surface area (Å²) >= 11 is 0. The first-order valence-corrected chi connectivity index (χ1v) is 9.58. The van der Waals surface area contributed by atoms with E-state index in [4.69, 9.17) is 0 Å². The maximum Gasteiger partial charge on any atom is 0.173 e. The van der Waals surface area contributed by atoms with Crippen LogP contribution in [0.4, 0.5) is 22.9 Å². The van der Waals surface area contributed by atoms with Crippen molar-refractivity contribution in [1.29, 1.82) is 0 Å². The summed E-state index contributed by atoms with van der Waals surface area (Å²) in [5.74, 6) is 0.918. The van der Waals surface area contributed by atoms with E-state index in [1.807, 2.05) is 41.9 Å². The fourth-order valence-electron chi connectivity index (χ4n) is 2.99. The Labute approximate surface area is 170 Å². The summed E-state index contributed by atoms with van der Waals surface area (Å²) in [6.07, 6.45) is 2.69. The average Bonchev–Trinajstić information content (AvgIpc) is 3.00. The van der Waals surface area contributed by atoms with Crippen LogP contribution < -0.4 is 16.0 Å². The predicted molar refractivity (Wildman–Crippen MR) is 117 cm³/mol. The van der Waals surface area contributed by atoms with Gasteiger partial charge in [0.2, 0.25) is 0 Å². The maximum atomic E-state index is 10.8. The quantitative estimate of drug-likeness (QED) is 0.252. The molecule has 0 amide bonds. The number of aldehydes is 1. The summed E-state index contributed by atoms with van der Waals surface area (Å²) in [6.45, 7) is 3.70. The SMILES string of the molecule is Cc1cc(Nc2c(NCC[N+](C)(C)C)nn3ccccc23)c(NCC=O)cc1O. The van der Waals surface area contributed by atoms with E-state index in [0.29, 0.717) is 5.69 Å². The van der Waals surface area contributed by atoms with Gasteiger partial charge in [0.1, 0.15) is 17.7 Å². The first-order valence-electron chi connectivity index (χ1n) is 9.58. The molecule has 3 rings (SSSR count). The molecule has 0 fully saturated rings. The van der Waals surface area contributed by atoms with Crippen molar-refractivity contribution in [1.82, 2.24) is 9.61 Å². The summed E-state index contributed by atoms with van der Waals surface area (Å²) in [5, 5.41) is 24.7. The zero-order chi connectivity index (χ0) is 21.0. The Balaban J connectivity index is 1.97. The second-order valence-corrected chi connectivity index (χ2v) is 8.05. The molecule has 0 bridgehead atoms. The number of hydrogen-bond acceptors (Lipinski definition) is 6. The number of nitrogens with zero attached hydrogens (tertiary/aromatic N) is 3. The van der Waals surface area contributed by atoms with Gasteiger partial charge in [-0.25, -0.2) is 4.52 Å². The Morgan fingerprint density at radius 2 is 1.97 bits per heavy atom. The Bertz CT molecular complexity index is 1010. The average molecular weight is 398 g/mol. The monoisotopic (exact) mass is 397 g/mol. The number of aryl methyl sites for hydroxylation is 1. The van der Waals surface area contributed by atoms with E-state index < -0.39 is 0 Å². The van der Waals surface area contributed by atoms with Gasteiger partial charge in [0.25, 0.3) is 0 Å². The molecule has 0 saturated carbocycles. The van der Waals surface area contributed by atoms with Gasteiger partial charge < -0.3 is 30.3 Å². The molecule has 0 unspecified atom stereocenters. The number of anilines is 4. The number of phenolic OH excluding ortho intramolecular Hbond substituents is 1. The molecule has 8 nitrogen and oxygen atoms in total. The molecule has 2 aromatic heterocycles. The van der Waals surface area contributed by atoms with Crippen molar-refractivity contribution in [2.75, 3.05) is 56.7 Å². The third-order valence-electron chi connectivity index (χ3n) is 4.59. The highest BCUT2D eigenvalue weighted by atomic mass is 16.3. The summed E-state index contributed by atoms with van der Waals surface area (Å²) < 4.78 is 2.67. The van der Waals surface area contributed by atoms with Gasteiger partial charge in [-0.3, -0.25) is 0 Å². The lowest BCUT2D eigenvalue weighted by atomic mass is 10.1. The standard InChI is InChI=1S/C21H28N6O2/c1-15-13-17(16(14-19(15)29)22-9-12-28)24-20-18-7-5-6-10-26(18)25-21(20)23-8-11-27(2,3)4/h5-7,10,12-14,22,24H,8-9,11H2,1-4H3,(H-,23,25,29)/p+1. The zero-order valence-corrected chi connectivity index (χ0v) is 17.4. The number of pyridine rings is 1. The number of likely N-dealkylation sites (N-methyl/N-ethyl adjacent to an activating group) is 1. The molecule has 4 N–H and O–H groups in total. The normalized spacial score (nSPS) is 11.4. The number of benzene rings is 1. The van der Waals surface area contributed by atoms with Crippen LogP contribution >= 0.6 is 0 Å². The van der Waals surface area contributed by atoms with Crippen molar-refractivity contribution in [3.63, 3.8) is 0 Å². The summed E-state index contributed by atoms with van der Waals surface area (Å²) in [5.41, 5.74) is 3.90. The number of rotatable bonds is 9. The van der Waals surface area contributed by atoms with Crippen LogP contribution in [-0.2, 0) is 4.79 Å². The lowest BCUT2D eigenvalue weighted by Crippen LogP contribution is -2.38. The van der Waals surface area contributed by atoms with Crippen LogP contribution in [0, 0.1) is 6.92 Å². The van der Waals surface area contributed by atoms with E-state index >= 15 is 0 Å². The van der Waals surface area contributed by atoms with E-state index in [1.165, 1.54) is 0 Å². The van der Waals surface area contributed by atoms with Gasteiger partial charge in [-0.2, -0.15) is 0 Å². The first-order chi connectivity index (χ1) is 13.8. The van der Waals surface area contributed by atoms with Crippen LogP contribution in [0.2, 0.25) is 0 Å². The summed E-state index contributed by atoms with van der Waals surface area (Å²) in [6, 6.07) is 9.36. The highest BCUT2D eigenvalue weighted by Gasteiger charge is 2.16. The van der Waals surface area contributed by atoms with E-state index in [1.54, 1.807) is 6.07 Å². The molecular formula is C21H29N6O2+. The van der Waals surface area contributed by atoms with Crippen LogP contribution in [0.3, 0.4) is 0 Å². The van der Waals surface area contributed by atoms with Gasteiger partial charge in [0.05, 0.1) is 57.7 Å². The largest absolute Gasteiger partial charge is 0.508 e. The third-order valence-corrected chi connectivity index (χ3v) is 4.59. The second kappa shape index (κ2) is 8.40. The van der Waals surface area contributed by atoms with Crippen LogP contribution in [0.1, 0.15) is 5.56 Å². The van der Waals surface area contributed by atoms with E-state index in [2.05, 4.69) is 42.2 Å². The van der Waals surface area contributed by atoms with Gasteiger partial charge in [-0.15, -0.1) is 5.10 Å². The highest BCUT2D eigenvalue weighted by Crippen LogP contribution is 2.36. The fraction of sp³-hybridized carbons (Fsp3) is 0.333. The number of hydrogen-bond donors (Lipinski definition) is 4. The Kier molecular flexibility index (Phi) is 5.93. The molecule has 2 heterocycles. The maximum absolute atomic E-state index is 10.8. The molecule has 3 aromatic rings. The molecule has 0 aliphatic carbocycles. The van der Waals surface area contributed by atoms with E-state index in [0.717, 1.165) is 52.1 Å². The molecule has 154 valence electrons. The highest BCUT2D eigenvalue weighted by molar-refractivity contribution is 5.90. The minimum Gasteiger partial charge on any atom is -0.508 e. The molecule has 1 aromatic carbocycles. The predicted octanol–water partition coefficient (Wildman–Crippen LogP) is 2.82.